The van der Waals surface area contributed by atoms with E-state index < -0.39 is 11.7 Å². The molecule has 0 aliphatic carbocycles. The Kier molecular flexibility index (Phi) is 2.45. The normalized spacial score (nSPS) is 11.4. The molecule has 0 saturated heterocycles. The number of aryl methyl sites for hydroxylation is 1. The van der Waals surface area contributed by atoms with Gasteiger partial charge in [-0.25, -0.2) is 0 Å². The number of hydrogen-bond donors (Lipinski definition) is 0. The topological polar surface area (TPSA) is 0 Å². The zero-order valence-corrected chi connectivity index (χ0v) is 7.15. The lowest BCUT2D eigenvalue weighted by Gasteiger charge is -2.10. The summed E-state index contributed by atoms with van der Waals surface area (Å²) in [6.07, 6.45) is -4.34. The lowest BCUT2D eigenvalue weighted by molar-refractivity contribution is -0.0686. The van der Waals surface area contributed by atoms with Crippen molar-refractivity contribution in [3.8, 4) is 0 Å². The smallest absolute Gasteiger partial charge is 0.166 e. The summed E-state index contributed by atoms with van der Waals surface area (Å²) in [4.78, 5) is 0. The first-order valence-corrected chi connectivity index (χ1v) is 3.74. The summed E-state index contributed by atoms with van der Waals surface area (Å²) in [6, 6.07) is 6.20. The zero-order valence-electron chi connectivity index (χ0n) is 7.15. The molecule has 3 heteroatoms. The van der Waals surface area contributed by atoms with Gasteiger partial charge in [-0.15, -0.1) is 0 Å². The summed E-state index contributed by atoms with van der Waals surface area (Å²) >= 11 is 0. The van der Waals surface area contributed by atoms with Gasteiger partial charge in [0.15, 0.2) is 0 Å². The third-order valence-corrected chi connectivity index (χ3v) is 1.71. The van der Waals surface area contributed by atoms with Gasteiger partial charge in [-0.05, 0) is 12.5 Å². The Labute approximate surface area is 74.7 Å². The van der Waals surface area contributed by atoms with Gasteiger partial charge in [0.25, 0.3) is 0 Å². The van der Waals surface area contributed by atoms with Crippen LogP contribution in [0.15, 0.2) is 30.8 Å². The van der Waals surface area contributed by atoms with Crippen molar-refractivity contribution in [3.63, 3.8) is 0 Å². The highest BCUT2D eigenvalue weighted by Crippen LogP contribution is 2.32. The maximum atomic E-state index is 12.2. The second kappa shape index (κ2) is 3.24. The van der Waals surface area contributed by atoms with Crippen molar-refractivity contribution in [2.45, 2.75) is 13.1 Å². The molecule has 0 heterocycles. The van der Waals surface area contributed by atoms with Gasteiger partial charge in [-0.1, -0.05) is 36.4 Å². The monoisotopic (exact) mass is 186 g/mol. The Bertz CT molecular complexity index is 323. The summed E-state index contributed by atoms with van der Waals surface area (Å²) < 4.78 is 36.5. The van der Waals surface area contributed by atoms with E-state index >= 15 is 0 Å². The molecule has 0 aromatic heterocycles. The van der Waals surface area contributed by atoms with Gasteiger partial charge in [0.05, 0.1) is 5.57 Å². The van der Waals surface area contributed by atoms with E-state index in [-0.39, 0.29) is 5.56 Å². The lowest BCUT2D eigenvalue weighted by atomic mass is 10.1. The molecule has 0 aliphatic heterocycles. The van der Waals surface area contributed by atoms with E-state index in [1.54, 1.807) is 19.1 Å². The van der Waals surface area contributed by atoms with Crippen LogP contribution in [0.1, 0.15) is 11.1 Å². The van der Waals surface area contributed by atoms with Crippen molar-refractivity contribution >= 4 is 5.57 Å². The molecule has 0 atom stereocenters. The van der Waals surface area contributed by atoms with Crippen LogP contribution in [0.3, 0.4) is 0 Å². The van der Waals surface area contributed by atoms with E-state index in [1.165, 1.54) is 12.1 Å². The van der Waals surface area contributed by atoms with Gasteiger partial charge in [0.2, 0.25) is 0 Å². The van der Waals surface area contributed by atoms with E-state index in [0.29, 0.717) is 0 Å². The Morgan fingerprint density at radius 3 is 2.38 bits per heavy atom. The van der Waals surface area contributed by atoms with E-state index in [4.69, 9.17) is 0 Å². The Morgan fingerprint density at radius 2 is 1.92 bits per heavy atom. The minimum Gasteiger partial charge on any atom is -0.166 e. The molecule has 0 spiro atoms. The van der Waals surface area contributed by atoms with E-state index in [0.717, 1.165) is 5.56 Å². The van der Waals surface area contributed by atoms with Gasteiger partial charge < -0.3 is 0 Å². The highest BCUT2D eigenvalue weighted by Gasteiger charge is 2.32. The molecule has 1 aromatic carbocycles. The predicted molar refractivity (Wildman–Crippen MR) is 46.3 cm³/mol. The molecule has 0 unspecified atom stereocenters. The Hall–Kier alpha value is -1.25. The summed E-state index contributed by atoms with van der Waals surface area (Å²) in [5.74, 6) is 0. The van der Waals surface area contributed by atoms with E-state index in [9.17, 15) is 13.2 Å². The molecule has 0 radical (unpaired) electrons. The predicted octanol–water partition coefficient (Wildman–Crippen LogP) is 3.57. The van der Waals surface area contributed by atoms with Crippen LogP contribution in [0.25, 0.3) is 5.57 Å². The summed E-state index contributed by atoms with van der Waals surface area (Å²) in [7, 11) is 0. The van der Waals surface area contributed by atoms with Crippen LogP contribution in [-0.2, 0) is 0 Å². The van der Waals surface area contributed by atoms with Crippen LogP contribution in [0.4, 0.5) is 13.2 Å². The number of benzene rings is 1. The quantitative estimate of drug-likeness (QED) is 0.628. The number of allylic oxidation sites excluding steroid dienone is 1. The summed E-state index contributed by atoms with van der Waals surface area (Å²) in [5.41, 5.74) is 0.131. The second-order valence-corrected chi connectivity index (χ2v) is 2.85. The van der Waals surface area contributed by atoms with Gasteiger partial charge >= 0.3 is 6.18 Å². The molecule has 0 N–H and O–H groups in total. The average Bonchev–Trinajstić information content (AvgIpc) is 2.01. The minimum absolute atomic E-state index is 0.132. The fourth-order valence-corrected chi connectivity index (χ4v) is 0.996. The third kappa shape index (κ3) is 2.34. The number of hydrogen-bond acceptors (Lipinski definition) is 0. The van der Waals surface area contributed by atoms with E-state index in [2.05, 4.69) is 6.58 Å². The molecule has 1 aromatic rings. The SMILES string of the molecule is C=C(c1cccc(C)c1)C(F)(F)F. The van der Waals surface area contributed by atoms with Crippen LogP contribution in [0, 0.1) is 6.92 Å². The standard InChI is InChI=1S/C10H9F3/c1-7-4-3-5-9(6-7)8(2)10(11,12)13/h3-6H,2H2,1H3. The molecule has 0 saturated carbocycles. The Balaban J connectivity index is 3.03. The van der Waals surface area contributed by atoms with Crippen LogP contribution >= 0.6 is 0 Å². The molecule has 1 rings (SSSR count). The van der Waals surface area contributed by atoms with Crippen LogP contribution in [0.2, 0.25) is 0 Å². The maximum absolute atomic E-state index is 12.2. The van der Waals surface area contributed by atoms with Crippen LogP contribution < -0.4 is 0 Å². The minimum atomic E-state index is -4.34. The highest BCUT2D eigenvalue weighted by molar-refractivity contribution is 5.67. The molecule has 0 bridgehead atoms. The van der Waals surface area contributed by atoms with Crippen LogP contribution in [0.5, 0.6) is 0 Å². The fourth-order valence-electron chi connectivity index (χ4n) is 0.996. The van der Waals surface area contributed by atoms with Crippen LogP contribution in [-0.4, -0.2) is 6.18 Å². The van der Waals surface area contributed by atoms with Gasteiger partial charge in [-0.3, -0.25) is 0 Å². The zero-order chi connectivity index (χ0) is 10.1. The molecule has 70 valence electrons. The largest absolute Gasteiger partial charge is 0.416 e. The number of rotatable bonds is 1. The molecular weight excluding hydrogens is 177 g/mol. The third-order valence-electron chi connectivity index (χ3n) is 1.71. The lowest BCUT2D eigenvalue weighted by Crippen LogP contribution is -2.09. The summed E-state index contributed by atoms with van der Waals surface area (Å²) in [6.45, 7) is 4.76. The van der Waals surface area contributed by atoms with E-state index in [1.807, 2.05) is 0 Å². The fraction of sp³-hybridized carbons (Fsp3) is 0.200. The molecule has 13 heavy (non-hydrogen) atoms. The van der Waals surface area contributed by atoms with Gasteiger partial charge in [-0.2, -0.15) is 13.2 Å². The first-order valence-electron chi connectivity index (χ1n) is 3.74. The Morgan fingerprint density at radius 1 is 1.31 bits per heavy atom. The van der Waals surface area contributed by atoms with Crippen molar-refractivity contribution in [1.29, 1.82) is 0 Å². The van der Waals surface area contributed by atoms with Crippen molar-refractivity contribution in [3.05, 3.63) is 42.0 Å². The summed E-state index contributed by atoms with van der Waals surface area (Å²) in [5, 5.41) is 0. The van der Waals surface area contributed by atoms with Gasteiger partial charge in [0, 0.05) is 0 Å². The molecule has 0 nitrogen and oxygen atoms in total. The highest BCUT2D eigenvalue weighted by atomic mass is 19.4. The maximum Gasteiger partial charge on any atom is 0.416 e. The van der Waals surface area contributed by atoms with Crippen molar-refractivity contribution in [1.82, 2.24) is 0 Å². The van der Waals surface area contributed by atoms with Gasteiger partial charge in [0.1, 0.15) is 0 Å². The second-order valence-electron chi connectivity index (χ2n) is 2.85. The number of alkyl halides is 3. The first-order chi connectivity index (χ1) is 5.91. The van der Waals surface area contributed by atoms with Crippen molar-refractivity contribution < 1.29 is 13.2 Å². The molecule has 0 aliphatic rings. The number of halogens is 3. The van der Waals surface area contributed by atoms with Crippen molar-refractivity contribution in [2.75, 3.05) is 0 Å². The molecule has 0 fully saturated rings. The average molecular weight is 186 g/mol. The van der Waals surface area contributed by atoms with Crippen molar-refractivity contribution in [2.24, 2.45) is 0 Å². The first kappa shape index (κ1) is 9.84. The molecule has 0 amide bonds. The molecular formula is C10H9F3.